The second-order valence-corrected chi connectivity index (χ2v) is 7.34. The van der Waals surface area contributed by atoms with Crippen molar-refractivity contribution in [1.29, 1.82) is 0 Å². The van der Waals surface area contributed by atoms with Crippen LogP contribution in [0, 0.1) is 0 Å². The zero-order chi connectivity index (χ0) is 19.6. The van der Waals surface area contributed by atoms with Crippen LogP contribution in [-0.4, -0.2) is 21.6 Å². The molecular formula is C23H15N3O2S. The molecule has 0 radical (unpaired) electrons. The van der Waals surface area contributed by atoms with Crippen LogP contribution >= 0.6 is 11.3 Å². The van der Waals surface area contributed by atoms with Crippen LogP contribution in [0.4, 0.5) is 0 Å². The number of hydrogen-bond acceptors (Lipinski definition) is 5. The van der Waals surface area contributed by atoms with E-state index in [1.165, 1.54) is 11.3 Å². The van der Waals surface area contributed by atoms with Crippen molar-refractivity contribution in [3.63, 3.8) is 0 Å². The molecule has 2 aromatic carbocycles. The van der Waals surface area contributed by atoms with Crippen molar-refractivity contribution in [3.8, 4) is 16.9 Å². The lowest BCUT2D eigenvalue weighted by molar-refractivity contribution is -0.129. The molecule has 0 saturated carbocycles. The van der Waals surface area contributed by atoms with Gasteiger partial charge in [0.2, 0.25) is 5.90 Å². The summed E-state index contributed by atoms with van der Waals surface area (Å²) in [4.78, 5) is 17.6. The highest BCUT2D eigenvalue weighted by Gasteiger charge is 2.25. The predicted octanol–water partition coefficient (Wildman–Crippen LogP) is 4.95. The van der Waals surface area contributed by atoms with Gasteiger partial charge in [-0.1, -0.05) is 54.6 Å². The van der Waals surface area contributed by atoms with Crippen LogP contribution in [0.25, 0.3) is 23.0 Å². The van der Waals surface area contributed by atoms with Gasteiger partial charge < -0.3 is 4.74 Å². The first-order chi connectivity index (χ1) is 14.3. The smallest absolute Gasteiger partial charge is 0.363 e. The lowest BCUT2D eigenvalue weighted by Gasteiger charge is -2.00. The van der Waals surface area contributed by atoms with Crippen molar-refractivity contribution in [2.75, 3.05) is 0 Å². The van der Waals surface area contributed by atoms with Gasteiger partial charge in [-0.15, -0.1) is 11.3 Å². The predicted molar refractivity (Wildman–Crippen MR) is 114 cm³/mol. The third-order valence-corrected chi connectivity index (χ3v) is 5.31. The molecule has 29 heavy (non-hydrogen) atoms. The number of nitrogens with zero attached hydrogens (tertiary/aromatic N) is 3. The van der Waals surface area contributed by atoms with Crippen molar-refractivity contribution in [2.45, 2.75) is 0 Å². The van der Waals surface area contributed by atoms with Crippen LogP contribution in [0.3, 0.4) is 0 Å². The highest BCUT2D eigenvalue weighted by Crippen LogP contribution is 2.28. The largest absolute Gasteiger partial charge is 0.401 e. The number of esters is 1. The fraction of sp³-hybridized carbons (Fsp3) is 0. The van der Waals surface area contributed by atoms with E-state index in [-0.39, 0.29) is 5.70 Å². The normalized spacial score (nSPS) is 14.8. The third kappa shape index (κ3) is 3.41. The number of carbonyl (C=O) groups excluding carboxylic acids is 1. The minimum atomic E-state index is -0.458. The maximum Gasteiger partial charge on any atom is 0.363 e. The summed E-state index contributed by atoms with van der Waals surface area (Å²) in [6, 6.07) is 23.5. The number of rotatable bonds is 4. The summed E-state index contributed by atoms with van der Waals surface area (Å²) in [6.45, 7) is 0. The van der Waals surface area contributed by atoms with E-state index in [0.29, 0.717) is 5.90 Å². The summed E-state index contributed by atoms with van der Waals surface area (Å²) in [7, 11) is 0. The SMILES string of the molecule is O=C1OC(c2cccs2)=NC1=Cc1cn(-c2ccccc2)nc1-c1ccccc1. The Morgan fingerprint density at radius 3 is 2.41 bits per heavy atom. The molecule has 2 aromatic heterocycles. The molecule has 0 fully saturated rings. The maximum atomic E-state index is 12.4. The van der Waals surface area contributed by atoms with E-state index >= 15 is 0 Å². The van der Waals surface area contributed by atoms with Crippen molar-refractivity contribution in [3.05, 3.63) is 101 Å². The molecule has 1 aliphatic heterocycles. The van der Waals surface area contributed by atoms with Gasteiger partial charge in [-0.25, -0.2) is 14.5 Å². The summed E-state index contributed by atoms with van der Waals surface area (Å²) in [5, 5.41) is 6.68. The van der Waals surface area contributed by atoms with Crippen molar-refractivity contribution >= 4 is 29.3 Å². The molecule has 6 heteroatoms. The minimum absolute atomic E-state index is 0.262. The Balaban J connectivity index is 1.61. The Morgan fingerprint density at radius 1 is 0.931 bits per heavy atom. The highest BCUT2D eigenvalue weighted by molar-refractivity contribution is 7.12. The van der Waals surface area contributed by atoms with E-state index < -0.39 is 5.97 Å². The first-order valence-corrected chi connectivity index (χ1v) is 9.93. The summed E-state index contributed by atoms with van der Waals surface area (Å²) in [5.41, 5.74) is 3.73. The van der Waals surface area contributed by atoms with Gasteiger partial charge in [0.1, 0.15) is 5.69 Å². The standard InChI is InChI=1S/C23H15N3O2S/c27-23-19(24-22(28-23)20-12-7-13-29-20)14-17-15-26(18-10-5-2-6-11-18)25-21(17)16-8-3-1-4-9-16/h1-15H. The van der Waals surface area contributed by atoms with E-state index in [1.807, 2.05) is 84.4 Å². The summed E-state index contributed by atoms with van der Waals surface area (Å²) in [5.74, 6) is -0.118. The fourth-order valence-corrected chi connectivity index (χ4v) is 3.74. The highest BCUT2D eigenvalue weighted by atomic mass is 32.1. The number of thiophene rings is 1. The zero-order valence-corrected chi connectivity index (χ0v) is 16.0. The number of para-hydroxylation sites is 1. The van der Waals surface area contributed by atoms with Crippen LogP contribution in [0.15, 0.2) is 95.1 Å². The van der Waals surface area contributed by atoms with Gasteiger partial charge in [-0.3, -0.25) is 0 Å². The second-order valence-electron chi connectivity index (χ2n) is 6.39. The Kier molecular flexibility index (Phi) is 4.38. The van der Waals surface area contributed by atoms with Crippen LogP contribution in [0.1, 0.15) is 10.4 Å². The Morgan fingerprint density at radius 2 is 1.69 bits per heavy atom. The third-order valence-electron chi connectivity index (χ3n) is 4.46. The summed E-state index contributed by atoms with van der Waals surface area (Å²) in [6.07, 6.45) is 3.63. The lowest BCUT2D eigenvalue weighted by atomic mass is 10.1. The molecule has 0 unspecified atom stereocenters. The van der Waals surface area contributed by atoms with Crippen molar-refractivity contribution in [2.24, 2.45) is 4.99 Å². The van der Waals surface area contributed by atoms with Gasteiger partial charge in [0.25, 0.3) is 0 Å². The molecule has 140 valence electrons. The molecule has 0 bridgehead atoms. The average molecular weight is 397 g/mol. The molecule has 0 saturated heterocycles. The Bertz CT molecular complexity index is 1220. The molecule has 0 spiro atoms. The van der Waals surface area contributed by atoms with Crippen LogP contribution in [0.2, 0.25) is 0 Å². The monoisotopic (exact) mass is 397 g/mol. The maximum absolute atomic E-state index is 12.4. The van der Waals surface area contributed by atoms with Gasteiger partial charge in [0.05, 0.1) is 10.6 Å². The van der Waals surface area contributed by atoms with Gasteiger partial charge in [-0.2, -0.15) is 5.10 Å². The van der Waals surface area contributed by atoms with E-state index in [2.05, 4.69) is 4.99 Å². The van der Waals surface area contributed by atoms with Gasteiger partial charge in [-0.05, 0) is 29.7 Å². The van der Waals surface area contributed by atoms with Gasteiger partial charge in [0.15, 0.2) is 5.70 Å². The van der Waals surface area contributed by atoms with Crippen LogP contribution in [-0.2, 0) is 9.53 Å². The Labute approximate surface area is 171 Å². The minimum Gasteiger partial charge on any atom is -0.401 e. The van der Waals surface area contributed by atoms with Gasteiger partial charge >= 0.3 is 5.97 Å². The lowest BCUT2D eigenvalue weighted by Crippen LogP contribution is -2.03. The zero-order valence-electron chi connectivity index (χ0n) is 15.2. The number of ether oxygens (including phenoxy) is 1. The second kappa shape index (κ2) is 7.33. The quantitative estimate of drug-likeness (QED) is 0.362. The van der Waals surface area contributed by atoms with E-state index in [4.69, 9.17) is 9.84 Å². The molecule has 0 amide bonds. The number of cyclic esters (lactones) is 1. The van der Waals surface area contributed by atoms with E-state index in [1.54, 1.807) is 10.8 Å². The number of benzene rings is 2. The first kappa shape index (κ1) is 17.3. The number of aromatic nitrogens is 2. The number of aliphatic imine (C=N–C) groups is 1. The number of hydrogen-bond donors (Lipinski definition) is 0. The summed E-state index contributed by atoms with van der Waals surface area (Å²) >= 11 is 1.48. The molecule has 0 atom stereocenters. The van der Waals surface area contributed by atoms with Crippen LogP contribution in [0.5, 0.6) is 0 Å². The van der Waals surface area contributed by atoms with Crippen molar-refractivity contribution in [1.82, 2.24) is 9.78 Å². The Hall–Kier alpha value is -3.77. The molecule has 5 rings (SSSR count). The number of carbonyl (C=O) groups is 1. The molecule has 0 aliphatic carbocycles. The first-order valence-electron chi connectivity index (χ1n) is 9.05. The summed E-state index contributed by atoms with van der Waals surface area (Å²) < 4.78 is 7.16. The van der Waals surface area contributed by atoms with Crippen LogP contribution < -0.4 is 0 Å². The average Bonchev–Trinajstić information content (AvgIpc) is 3.50. The van der Waals surface area contributed by atoms with Gasteiger partial charge in [0, 0.05) is 17.3 Å². The van der Waals surface area contributed by atoms with E-state index in [9.17, 15) is 4.79 Å². The molecular weight excluding hydrogens is 382 g/mol. The van der Waals surface area contributed by atoms with Crippen molar-refractivity contribution < 1.29 is 9.53 Å². The molecule has 5 nitrogen and oxygen atoms in total. The molecule has 1 aliphatic rings. The molecule has 3 heterocycles. The topological polar surface area (TPSA) is 56.5 Å². The molecule has 0 N–H and O–H groups in total. The fourth-order valence-electron chi connectivity index (χ4n) is 3.09. The van der Waals surface area contributed by atoms with E-state index in [0.717, 1.165) is 27.4 Å². The molecule has 4 aromatic rings.